The summed E-state index contributed by atoms with van der Waals surface area (Å²) in [6.07, 6.45) is 0. The average Bonchev–Trinajstić information content (AvgIpc) is 2.36. The van der Waals surface area contributed by atoms with Crippen LogP contribution >= 0.6 is 11.8 Å². The van der Waals surface area contributed by atoms with Gasteiger partial charge in [-0.25, -0.2) is 9.18 Å². The van der Waals surface area contributed by atoms with Crippen LogP contribution in [0.4, 0.5) is 4.39 Å². The molecular weight excluding hydrogens is 253 g/mol. The summed E-state index contributed by atoms with van der Waals surface area (Å²) >= 11 is 1.36. The van der Waals surface area contributed by atoms with Gasteiger partial charge in [-0.15, -0.1) is 11.8 Å². The van der Waals surface area contributed by atoms with Crippen LogP contribution < -0.4 is 0 Å². The molecule has 5 heteroatoms. The molecule has 3 nitrogen and oxygen atoms in total. The van der Waals surface area contributed by atoms with E-state index < -0.39 is 5.97 Å². The van der Waals surface area contributed by atoms with Gasteiger partial charge in [-0.05, 0) is 31.3 Å². The van der Waals surface area contributed by atoms with Crippen molar-refractivity contribution in [2.45, 2.75) is 18.7 Å². The highest BCUT2D eigenvalue weighted by molar-refractivity contribution is 7.99. The Bertz CT molecular complexity index is 408. The Hall–Kier alpha value is -1.07. The summed E-state index contributed by atoms with van der Waals surface area (Å²) < 4.78 is 13.5. The Morgan fingerprint density at radius 1 is 1.39 bits per heavy atom. The molecule has 0 saturated carbocycles. The molecule has 1 aromatic rings. The molecular formula is C13H18FNO2S. The standard InChI is InChI=1S/C13H18FNO2S/c1-3-15(4-2)7-8-18-12-9-10(13(16)17)5-6-11(12)14/h5-6,9H,3-4,7-8H2,1-2H3,(H,16,17). The van der Waals surface area contributed by atoms with E-state index in [0.717, 1.165) is 25.4 Å². The minimum absolute atomic E-state index is 0.127. The maximum atomic E-state index is 13.5. The summed E-state index contributed by atoms with van der Waals surface area (Å²) in [5.74, 6) is -0.632. The molecule has 0 heterocycles. The van der Waals surface area contributed by atoms with Gasteiger partial charge in [0.15, 0.2) is 0 Å². The van der Waals surface area contributed by atoms with Crippen molar-refractivity contribution >= 4 is 17.7 Å². The molecule has 0 spiro atoms. The molecule has 1 aromatic carbocycles. The lowest BCUT2D eigenvalue weighted by atomic mass is 10.2. The maximum Gasteiger partial charge on any atom is 0.335 e. The van der Waals surface area contributed by atoms with Gasteiger partial charge in [0, 0.05) is 17.2 Å². The molecule has 100 valence electrons. The zero-order valence-electron chi connectivity index (χ0n) is 10.6. The van der Waals surface area contributed by atoms with Gasteiger partial charge in [0.25, 0.3) is 0 Å². The van der Waals surface area contributed by atoms with Crippen LogP contribution in [0.25, 0.3) is 0 Å². The van der Waals surface area contributed by atoms with E-state index in [1.807, 2.05) is 0 Å². The molecule has 0 aliphatic heterocycles. The number of hydrogen-bond donors (Lipinski definition) is 1. The number of halogens is 1. The first-order valence-electron chi connectivity index (χ1n) is 5.96. The predicted octanol–water partition coefficient (Wildman–Crippen LogP) is 2.96. The Balaban J connectivity index is 2.61. The largest absolute Gasteiger partial charge is 0.478 e. The number of aromatic carboxylic acids is 1. The van der Waals surface area contributed by atoms with Crippen molar-refractivity contribution < 1.29 is 14.3 Å². The van der Waals surface area contributed by atoms with Crippen LogP contribution in [-0.2, 0) is 0 Å². The fourth-order valence-electron chi connectivity index (χ4n) is 1.57. The van der Waals surface area contributed by atoms with Gasteiger partial charge in [-0.3, -0.25) is 0 Å². The molecule has 1 N–H and O–H groups in total. The third-order valence-corrected chi connectivity index (χ3v) is 3.75. The van der Waals surface area contributed by atoms with Crippen molar-refractivity contribution in [2.75, 3.05) is 25.4 Å². The smallest absolute Gasteiger partial charge is 0.335 e. The van der Waals surface area contributed by atoms with Gasteiger partial charge in [-0.1, -0.05) is 13.8 Å². The average molecular weight is 271 g/mol. The van der Waals surface area contributed by atoms with E-state index in [1.165, 1.54) is 30.0 Å². The number of hydrogen-bond acceptors (Lipinski definition) is 3. The van der Waals surface area contributed by atoms with Crippen molar-refractivity contribution in [3.63, 3.8) is 0 Å². The lowest BCUT2D eigenvalue weighted by Gasteiger charge is -2.17. The van der Waals surface area contributed by atoms with Crippen molar-refractivity contribution in [1.82, 2.24) is 4.90 Å². The summed E-state index contributed by atoms with van der Waals surface area (Å²) in [4.78, 5) is 13.4. The lowest BCUT2D eigenvalue weighted by Crippen LogP contribution is -2.25. The first-order chi connectivity index (χ1) is 8.58. The summed E-state index contributed by atoms with van der Waals surface area (Å²) in [5.41, 5.74) is 0.127. The van der Waals surface area contributed by atoms with Crippen LogP contribution in [0.5, 0.6) is 0 Å². The predicted molar refractivity (Wildman–Crippen MR) is 71.9 cm³/mol. The van der Waals surface area contributed by atoms with Crippen LogP contribution in [0.2, 0.25) is 0 Å². The highest BCUT2D eigenvalue weighted by Crippen LogP contribution is 2.23. The SMILES string of the molecule is CCN(CC)CCSc1cc(C(=O)O)ccc1F. The molecule has 0 unspecified atom stereocenters. The molecule has 0 amide bonds. The van der Waals surface area contributed by atoms with Crippen molar-refractivity contribution in [3.8, 4) is 0 Å². The third-order valence-electron chi connectivity index (χ3n) is 2.74. The molecule has 0 aliphatic rings. The second-order valence-electron chi connectivity index (χ2n) is 3.83. The minimum atomic E-state index is -1.03. The molecule has 18 heavy (non-hydrogen) atoms. The zero-order valence-corrected chi connectivity index (χ0v) is 11.5. The molecule has 0 aliphatic carbocycles. The van der Waals surface area contributed by atoms with Gasteiger partial charge >= 0.3 is 5.97 Å². The van der Waals surface area contributed by atoms with E-state index in [9.17, 15) is 9.18 Å². The monoisotopic (exact) mass is 271 g/mol. The fraction of sp³-hybridized carbons (Fsp3) is 0.462. The van der Waals surface area contributed by atoms with Crippen LogP contribution in [0.15, 0.2) is 23.1 Å². The van der Waals surface area contributed by atoms with Crippen LogP contribution in [0, 0.1) is 5.82 Å². The van der Waals surface area contributed by atoms with E-state index in [0.29, 0.717) is 4.90 Å². The van der Waals surface area contributed by atoms with E-state index in [-0.39, 0.29) is 11.4 Å². The molecule has 0 saturated heterocycles. The van der Waals surface area contributed by atoms with E-state index in [1.54, 1.807) is 0 Å². The number of carboxylic acids is 1. The molecule has 0 bridgehead atoms. The van der Waals surface area contributed by atoms with E-state index in [2.05, 4.69) is 18.7 Å². The Labute approximate surface area is 111 Å². The first kappa shape index (κ1) is 15.0. The number of rotatable bonds is 7. The lowest BCUT2D eigenvalue weighted by molar-refractivity contribution is 0.0696. The Morgan fingerprint density at radius 2 is 2.06 bits per heavy atom. The summed E-state index contributed by atoms with van der Waals surface area (Å²) in [7, 11) is 0. The number of carbonyl (C=O) groups is 1. The van der Waals surface area contributed by atoms with Gasteiger partial charge in [0.2, 0.25) is 0 Å². The molecule has 0 aromatic heterocycles. The highest BCUT2D eigenvalue weighted by Gasteiger charge is 2.09. The highest BCUT2D eigenvalue weighted by atomic mass is 32.2. The van der Waals surface area contributed by atoms with E-state index in [4.69, 9.17) is 5.11 Å². The number of nitrogens with zero attached hydrogens (tertiary/aromatic N) is 1. The van der Waals surface area contributed by atoms with Gasteiger partial charge in [0.05, 0.1) is 5.56 Å². The fourth-order valence-corrected chi connectivity index (χ4v) is 2.56. The van der Waals surface area contributed by atoms with Crippen LogP contribution in [0.3, 0.4) is 0 Å². The second-order valence-corrected chi connectivity index (χ2v) is 4.96. The maximum absolute atomic E-state index is 13.5. The topological polar surface area (TPSA) is 40.5 Å². The first-order valence-corrected chi connectivity index (χ1v) is 6.95. The Kier molecular flexibility index (Phi) is 6.15. The normalized spacial score (nSPS) is 10.9. The number of benzene rings is 1. The number of carboxylic acid groups (broad SMARTS) is 1. The molecule has 0 atom stereocenters. The van der Waals surface area contributed by atoms with Crippen molar-refractivity contribution in [2.24, 2.45) is 0 Å². The molecule has 0 radical (unpaired) electrons. The van der Waals surface area contributed by atoms with Gasteiger partial charge < -0.3 is 10.0 Å². The third kappa shape index (κ3) is 4.31. The van der Waals surface area contributed by atoms with Crippen LogP contribution in [0.1, 0.15) is 24.2 Å². The number of thioether (sulfide) groups is 1. The van der Waals surface area contributed by atoms with Crippen molar-refractivity contribution in [3.05, 3.63) is 29.6 Å². The van der Waals surface area contributed by atoms with Gasteiger partial charge in [0.1, 0.15) is 5.82 Å². The Morgan fingerprint density at radius 3 is 2.61 bits per heavy atom. The van der Waals surface area contributed by atoms with Crippen LogP contribution in [-0.4, -0.2) is 41.4 Å². The zero-order chi connectivity index (χ0) is 13.5. The summed E-state index contributed by atoms with van der Waals surface area (Å²) in [6, 6.07) is 3.89. The quantitative estimate of drug-likeness (QED) is 0.774. The summed E-state index contributed by atoms with van der Waals surface area (Å²) in [6.45, 7) is 6.97. The van der Waals surface area contributed by atoms with Crippen molar-refractivity contribution in [1.29, 1.82) is 0 Å². The molecule has 0 fully saturated rings. The summed E-state index contributed by atoms with van der Waals surface area (Å²) in [5, 5.41) is 8.85. The van der Waals surface area contributed by atoms with E-state index >= 15 is 0 Å². The van der Waals surface area contributed by atoms with Gasteiger partial charge in [-0.2, -0.15) is 0 Å². The minimum Gasteiger partial charge on any atom is -0.478 e. The second kappa shape index (κ2) is 7.38. The molecule has 1 rings (SSSR count).